The van der Waals surface area contributed by atoms with E-state index in [0.29, 0.717) is 23.5 Å². The molecule has 120 valence electrons. The number of pyridine rings is 1. The zero-order chi connectivity index (χ0) is 16.4. The maximum atomic E-state index is 12.3. The Hall–Kier alpha value is -2.41. The van der Waals surface area contributed by atoms with Crippen LogP contribution in [0, 0.1) is 0 Å². The number of aromatic nitrogens is 1. The second-order valence-corrected chi connectivity index (χ2v) is 7.38. The monoisotopic (exact) mass is 331 g/mol. The normalized spacial score (nSPS) is 14.2. The predicted octanol–water partition coefficient (Wildman–Crippen LogP) is 2.05. The Bertz CT molecular complexity index is 835. The van der Waals surface area contributed by atoms with E-state index in [0.717, 1.165) is 18.4 Å². The molecular formula is C16H17N3O3S. The fourth-order valence-corrected chi connectivity index (χ4v) is 3.68. The van der Waals surface area contributed by atoms with Gasteiger partial charge in [0.1, 0.15) is 0 Å². The maximum absolute atomic E-state index is 12.3. The first-order valence-electron chi connectivity index (χ1n) is 7.27. The van der Waals surface area contributed by atoms with Crippen molar-refractivity contribution in [2.24, 2.45) is 0 Å². The molecule has 1 aromatic carbocycles. The third-order valence-electron chi connectivity index (χ3n) is 3.74. The van der Waals surface area contributed by atoms with E-state index in [2.05, 4.69) is 10.3 Å². The van der Waals surface area contributed by atoms with Gasteiger partial charge >= 0.3 is 0 Å². The van der Waals surface area contributed by atoms with Gasteiger partial charge in [-0.05, 0) is 48.7 Å². The van der Waals surface area contributed by atoms with Crippen LogP contribution in [0.5, 0.6) is 0 Å². The van der Waals surface area contributed by atoms with Gasteiger partial charge in [0.2, 0.25) is 10.0 Å². The quantitative estimate of drug-likeness (QED) is 0.933. The SMILES string of the molecule is CS(=O)(=O)N1CCCc2cc(C(=O)Nc3cccnc3)ccc21. The molecule has 23 heavy (non-hydrogen) atoms. The van der Waals surface area contributed by atoms with Gasteiger partial charge in [0.25, 0.3) is 5.91 Å². The average molecular weight is 331 g/mol. The highest BCUT2D eigenvalue weighted by atomic mass is 32.2. The average Bonchev–Trinajstić information content (AvgIpc) is 2.53. The summed E-state index contributed by atoms with van der Waals surface area (Å²) in [5, 5.41) is 2.77. The van der Waals surface area contributed by atoms with Crippen molar-refractivity contribution in [2.45, 2.75) is 12.8 Å². The molecular weight excluding hydrogens is 314 g/mol. The van der Waals surface area contributed by atoms with E-state index in [1.54, 1.807) is 42.7 Å². The molecule has 1 aliphatic rings. The summed E-state index contributed by atoms with van der Waals surface area (Å²) in [6.45, 7) is 0.479. The lowest BCUT2D eigenvalue weighted by molar-refractivity contribution is 0.102. The topological polar surface area (TPSA) is 79.4 Å². The zero-order valence-corrected chi connectivity index (χ0v) is 13.5. The van der Waals surface area contributed by atoms with Gasteiger partial charge in [-0.3, -0.25) is 14.1 Å². The highest BCUT2D eigenvalue weighted by molar-refractivity contribution is 7.92. The third kappa shape index (κ3) is 3.34. The van der Waals surface area contributed by atoms with Crippen molar-refractivity contribution in [1.29, 1.82) is 0 Å². The molecule has 1 amide bonds. The largest absolute Gasteiger partial charge is 0.321 e. The summed E-state index contributed by atoms with van der Waals surface area (Å²) in [7, 11) is -3.30. The second kappa shape index (κ2) is 6.00. The lowest BCUT2D eigenvalue weighted by Gasteiger charge is -2.29. The van der Waals surface area contributed by atoms with Crippen molar-refractivity contribution in [2.75, 3.05) is 22.4 Å². The number of aryl methyl sites for hydroxylation is 1. The molecule has 0 fully saturated rings. The molecule has 2 aromatic rings. The fourth-order valence-electron chi connectivity index (χ4n) is 2.69. The molecule has 0 radical (unpaired) electrons. The minimum Gasteiger partial charge on any atom is -0.321 e. The number of carbonyl (C=O) groups is 1. The molecule has 1 N–H and O–H groups in total. The van der Waals surface area contributed by atoms with Crippen molar-refractivity contribution >= 4 is 27.3 Å². The van der Waals surface area contributed by atoms with Gasteiger partial charge in [-0.25, -0.2) is 8.42 Å². The number of sulfonamides is 1. The number of fused-ring (bicyclic) bond motifs is 1. The lowest BCUT2D eigenvalue weighted by Crippen LogP contribution is -2.34. The van der Waals surface area contributed by atoms with E-state index in [-0.39, 0.29) is 5.91 Å². The van der Waals surface area contributed by atoms with Crippen LogP contribution in [0.1, 0.15) is 22.3 Å². The van der Waals surface area contributed by atoms with Gasteiger partial charge in [-0.1, -0.05) is 0 Å². The van der Waals surface area contributed by atoms with Crippen LogP contribution < -0.4 is 9.62 Å². The van der Waals surface area contributed by atoms with Gasteiger partial charge in [-0.15, -0.1) is 0 Å². The summed E-state index contributed by atoms with van der Waals surface area (Å²) < 4.78 is 25.1. The molecule has 0 aliphatic carbocycles. The number of hydrogen-bond acceptors (Lipinski definition) is 4. The van der Waals surface area contributed by atoms with Crippen LogP contribution >= 0.6 is 0 Å². The number of amides is 1. The number of nitrogens with zero attached hydrogens (tertiary/aromatic N) is 2. The Morgan fingerprint density at radius 3 is 2.83 bits per heavy atom. The van der Waals surface area contributed by atoms with Gasteiger partial charge in [0.15, 0.2) is 0 Å². The minimum atomic E-state index is -3.30. The Balaban J connectivity index is 1.88. The summed E-state index contributed by atoms with van der Waals surface area (Å²) in [6, 6.07) is 8.61. The summed E-state index contributed by atoms with van der Waals surface area (Å²) in [5.74, 6) is -0.239. The standard InChI is InChI=1S/C16H17N3O3S/c1-23(21,22)19-9-3-4-12-10-13(6-7-15(12)19)16(20)18-14-5-2-8-17-11-14/h2,5-8,10-11H,3-4,9H2,1H3,(H,18,20). The first kappa shape index (κ1) is 15.5. The molecule has 1 aliphatic heterocycles. The zero-order valence-electron chi connectivity index (χ0n) is 12.7. The van der Waals surface area contributed by atoms with E-state index < -0.39 is 10.0 Å². The van der Waals surface area contributed by atoms with E-state index in [1.165, 1.54) is 10.6 Å². The summed E-state index contributed by atoms with van der Waals surface area (Å²) >= 11 is 0. The van der Waals surface area contributed by atoms with Gasteiger partial charge in [-0.2, -0.15) is 0 Å². The van der Waals surface area contributed by atoms with E-state index >= 15 is 0 Å². The Labute approximate surface area is 135 Å². The molecule has 0 saturated carbocycles. The van der Waals surface area contributed by atoms with Crippen molar-refractivity contribution in [1.82, 2.24) is 4.98 Å². The minimum absolute atomic E-state index is 0.239. The highest BCUT2D eigenvalue weighted by Crippen LogP contribution is 2.30. The predicted molar refractivity (Wildman–Crippen MR) is 89.1 cm³/mol. The van der Waals surface area contributed by atoms with Gasteiger partial charge in [0.05, 0.1) is 23.8 Å². The Kier molecular flexibility index (Phi) is 4.04. The highest BCUT2D eigenvalue weighted by Gasteiger charge is 2.24. The molecule has 0 saturated heterocycles. The number of anilines is 2. The third-order valence-corrected chi connectivity index (χ3v) is 4.92. The van der Waals surface area contributed by atoms with Crippen LogP contribution in [0.3, 0.4) is 0 Å². The Morgan fingerprint density at radius 2 is 2.13 bits per heavy atom. The van der Waals surface area contributed by atoms with Crippen molar-refractivity contribution in [3.63, 3.8) is 0 Å². The van der Waals surface area contributed by atoms with E-state index in [1.807, 2.05) is 0 Å². The number of rotatable bonds is 3. The van der Waals surface area contributed by atoms with Crippen LogP contribution in [0.2, 0.25) is 0 Å². The summed E-state index contributed by atoms with van der Waals surface area (Å²) in [4.78, 5) is 16.3. The summed E-state index contributed by atoms with van der Waals surface area (Å²) in [6.07, 6.45) is 5.91. The first-order valence-corrected chi connectivity index (χ1v) is 9.12. The Morgan fingerprint density at radius 1 is 1.30 bits per heavy atom. The number of carbonyl (C=O) groups excluding carboxylic acids is 1. The fraction of sp³-hybridized carbons (Fsp3) is 0.250. The number of hydrogen-bond donors (Lipinski definition) is 1. The first-order chi connectivity index (χ1) is 10.9. The lowest BCUT2D eigenvalue weighted by atomic mass is 10.0. The molecule has 2 heterocycles. The molecule has 3 rings (SSSR count). The number of nitrogens with one attached hydrogen (secondary N) is 1. The van der Waals surface area contributed by atoms with Crippen molar-refractivity contribution in [3.05, 3.63) is 53.9 Å². The van der Waals surface area contributed by atoms with Crippen LogP contribution in [-0.4, -0.2) is 32.1 Å². The number of benzene rings is 1. The molecule has 1 aromatic heterocycles. The van der Waals surface area contributed by atoms with Crippen LogP contribution in [0.15, 0.2) is 42.7 Å². The maximum Gasteiger partial charge on any atom is 0.255 e. The smallest absolute Gasteiger partial charge is 0.255 e. The molecule has 7 heteroatoms. The molecule has 6 nitrogen and oxygen atoms in total. The van der Waals surface area contributed by atoms with E-state index in [9.17, 15) is 13.2 Å². The molecule has 0 bridgehead atoms. The molecule has 0 atom stereocenters. The molecule has 0 spiro atoms. The van der Waals surface area contributed by atoms with Crippen molar-refractivity contribution < 1.29 is 13.2 Å². The van der Waals surface area contributed by atoms with Crippen molar-refractivity contribution in [3.8, 4) is 0 Å². The second-order valence-electron chi connectivity index (χ2n) is 5.48. The van der Waals surface area contributed by atoms with Gasteiger partial charge in [0, 0.05) is 18.3 Å². The van der Waals surface area contributed by atoms with Gasteiger partial charge < -0.3 is 5.32 Å². The van der Waals surface area contributed by atoms with Crippen LogP contribution in [-0.2, 0) is 16.4 Å². The van der Waals surface area contributed by atoms with Crippen LogP contribution in [0.25, 0.3) is 0 Å². The molecule has 0 unspecified atom stereocenters. The van der Waals surface area contributed by atoms with E-state index in [4.69, 9.17) is 0 Å². The van der Waals surface area contributed by atoms with Crippen LogP contribution in [0.4, 0.5) is 11.4 Å². The summed E-state index contributed by atoms with van der Waals surface area (Å²) in [5.41, 5.74) is 2.66.